The Morgan fingerprint density at radius 1 is 1.03 bits per heavy atom. The lowest BCUT2D eigenvalue weighted by atomic mass is 10.1. The van der Waals surface area contributed by atoms with E-state index in [1.54, 1.807) is 12.1 Å². The second-order valence-electron chi connectivity index (χ2n) is 7.66. The summed E-state index contributed by atoms with van der Waals surface area (Å²) in [6, 6.07) is 14.3. The maximum atomic E-state index is 12.8. The van der Waals surface area contributed by atoms with E-state index in [-0.39, 0.29) is 24.9 Å². The Balaban J connectivity index is 1.26. The maximum Gasteiger partial charge on any atom is 0.246 e. The zero-order chi connectivity index (χ0) is 21.0. The van der Waals surface area contributed by atoms with Crippen molar-refractivity contribution in [3.8, 4) is 5.75 Å². The lowest BCUT2D eigenvalue weighted by Gasteiger charge is -2.26. The lowest BCUT2D eigenvalue weighted by molar-refractivity contribution is -0.126. The van der Waals surface area contributed by atoms with Crippen molar-refractivity contribution in [3.63, 3.8) is 0 Å². The van der Waals surface area contributed by atoms with Gasteiger partial charge in [-0.3, -0.25) is 9.69 Å². The number of ether oxygens (including phenoxy) is 2. The summed E-state index contributed by atoms with van der Waals surface area (Å²) in [5.41, 5.74) is 2.11. The number of benzene rings is 2. The summed E-state index contributed by atoms with van der Waals surface area (Å²) in [7, 11) is 0. The number of piperidine rings is 1. The smallest absolute Gasteiger partial charge is 0.246 e. The molecule has 2 aromatic rings. The molecule has 3 rings (SSSR count). The van der Waals surface area contributed by atoms with Gasteiger partial charge in [0.15, 0.2) is 0 Å². The zero-order valence-corrected chi connectivity index (χ0v) is 17.4. The minimum absolute atomic E-state index is 0.0171. The zero-order valence-electron chi connectivity index (χ0n) is 17.4. The van der Waals surface area contributed by atoms with Crippen molar-refractivity contribution < 1.29 is 18.7 Å². The standard InChI is InChI=1S/C24H31FN2O3/c25-22-10-8-20(9-11-22)18-29-19-24(28)26-12-5-15-30-23-7-4-6-21(16-23)17-27-13-2-1-3-14-27/h4,6-11,16H,1-3,5,12-15,17-19H2,(H,26,28). The van der Waals surface area contributed by atoms with E-state index in [1.807, 2.05) is 12.1 Å². The van der Waals surface area contributed by atoms with Crippen molar-refractivity contribution >= 4 is 5.91 Å². The van der Waals surface area contributed by atoms with Crippen LogP contribution in [0.2, 0.25) is 0 Å². The minimum atomic E-state index is -0.285. The van der Waals surface area contributed by atoms with Crippen LogP contribution in [-0.4, -0.2) is 43.7 Å². The van der Waals surface area contributed by atoms with Gasteiger partial charge in [-0.25, -0.2) is 4.39 Å². The molecule has 5 nitrogen and oxygen atoms in total. The molecule has 1 amide bonds. The Morgan fingerprint density at radius 3 is 2.63 bits per heavy atom. The van der Waals surface area contributed by atoms with Crippen LogP contribution < -0.4 is 10.1 Å². The lowest BCUT2D eigenvalue weighted by Crippen LogP contribution is -2.29. The van der Waals surface area contributed by atoms with Crippen LogP contribution >= 0.6 is 0 Å². The molecule has 1 fully saturated rings. The molecular weight excluding hydrogens is 383 g/mol. The number of carbonyl (C=O) groups is 1. The molecular formula is C24H31FN2O3. The number of carbonyl (C=O) groups excluding carboxylic acids is 1. The number of nitrogens with zero attached hydrogens (tertiary/aromatic N) is 1. The molecule has 0 atom stereocenters. The summed E-state index contributed by atoms with van der Waals surface area (Å²) in [6.07, 6.45) is 4.65. The molecule has 2 aromatic carbocycles. The first-order valence-electron chi connectivity index (χ1n) is 10.7. The Hall–Kier alpha value is -2.44. The molecule has 0 aliphatic carbocycles. The number of hydrogen-bond acceptors (Lipinski definition) is 4. The first kappa shape index (κ1) is 22.2. The molecule has 0 radical (unpaired) electrons. The van der Waals surface area contributed by atoms with Crippen molar-refractivity contribution in [1.29, 1.82) is 0 Å². The van der Waals surface area contributed by atoms with E-state index in [0.717, 1.165) is 24.3 Å². The van der Waals surface area contributed by atoms with E-state index in [1.165, 1.54) is 50.0 Å². The van der Waals surface area contributed by atoms with Crippen LogP contribution in [0.5, 0.6) is 5.75 Å². The van der Waals surface area contributed by atoms with Gasteiger partial charge in [-0.2, -0.15) is 0 Å². The topological polar surface area (TPSA) is 50.8 Å². The highest BCUT2D eigenvalue weighted by Crippen LogP contribution is 2.17. The van der Waals surface area contributed by atoms with Crippen LogP contribution in [0.15, 0.2) is 48.5 Å². The third kappa shape index (κ3) is 8.13. The van der Waals surface area contributed by atoms with Gasteiger partial charge in [-0.1, -0.05) is 30.7 Å². The normalized spacial score (nSPS) is 14.4. The van der Waals surface area contributed by atoms with Crippen LogP contribution in [-0.2, 0) is 22.7 Å². The number of hydrogen-bond donors (Lipinski definition) is 1. The van der Waals surface area contributed by atoms with Crippen molar-refractivity contribution in [1.82, 2.24) is 10.2 Å². The van der Waals surface area contributed by atoms with Gasteiger partial charge in [0.1, 0.15) is 18.2 Å². The Labute approximate surface area is 178 Å². The summed E-state index contributed by atoms with van der Waals surface area (Å²) in [5.74, 6) is 0.423. The molecule has 1 heterocycles. The second kappa shape index (κ2) is 12.3. The molecule has 0 spiro atoms. The Kier molecular flexibility index (Phi) is 9.12. The van der Waals surface area contributed by atoms with E-state index in [9.17, 15) is 9.18 Å². The number of likely N-dealkylation sites (tertiary alicyclic amines) is 1. The van der Waals surface area contributed by atoms with Gasteiger partial charge in [0.25, 0.3) is 0 Å². The fourth-order valence-corrected chi connectivity index (χ4v) is 3.49. The van der Waals surface area contributed by atoms with Crippen LogP contribution in [0.3, 0.4) is 0 Å². The molecule has 30 heavy (non-hydrogen) atoms. The highest BCUT2D eigenvalue weighted by atomic mass is 19.1. The van der Waals surface area contributed by atoms with Gasteiger partial charge in [0, 0.05) is 13.1 Å². The molecule has 1 N–H and O–H groups in total. The number of halogens is 1. The Morgan fingerprint density at radius 2 is 1.83 bits per heavy atom. The highest BCUT2D eigenvalue weighted by molar-refractivity contribution is 5.77. The second-order valence-corrected chi connectivity index (χ2v) is 7.66. The van der Waals surface area contributed by atoms with Crippen LogP contribution in [0.25, 0.3) is 0 Å². The number of nitrogens with one attached hydrogen (secondary N) is 1. The van der Waals surface area contributed by atoms with E-state index in [0.29, 0.717) is 13.2 Å². The third-order valence-corrected chi connectivity index (χ3v) is 5.08. The van der Waals surface area contributed by atoms with Gasteiger partial charge < -0.3 is 14.8 Å². The van der Waals surface area contributed by atoms with Gasteiger partial charge in [-0.05, 0) is 67.7 Å². The summed E-state index contributed by atoms with van der Waals surface area (Å²) in [4.78, 5) is 14.3. The first-order chi connectivity index (χ1) is 14.7. The summed E-state index contributed by atoms with van der Waals surface area (Å²) >= 11 is 0. The van der Waals surface area contributed by atoms with Crippen molar-refractivity contribution in [3.05, 3.63) is 65.5 Å². The van der Waals surface area contributed by atoms with Crippen LogP contribution in [0.1, 0.15) is 36.8 Å². The molecule has 162 valence electrons. The van der Waals surface area contributed by atoms with Crippen molar-refractivity contribution in [2.75, 3.05) is 32.8 Å². The molecule has 1 aliphatic heterocycles. The van der Waals surface area contributed by atoms with Crippen molar-refractivity contribution in [2.24, 2.45) is 0 Å². The van der Waals surface area contributed by atoms with Crippen molar-refractivity contribution in [2.45, 2.75) is 38.8 Å². The summed E-state index contributed by atoms with van der Waals surface area (Å²) < 4.78 is 24.0. The van der Waals surface area contributed by atoms with E-state index < -0.39 is 0 Å². The SMILES string of the molecule is O=C(COCc1ccc(F)cc1)NCCCOc1cccc(CN2CCCCC2)c1. The molecule has 0 unspecified atom stereocenters. The molecule has 1 saturated heterocycles. The predicted octanol–water partition coefficient (Wildman–Crippen LogP) is 3.91. The van der Waals surface area contributed by atoms with Gasteiger partial charge >= 0.3 is 0 Å². The quantitative estimate of drug-likeness (QED) is 0.567. The average Bonchev–Trinajstić information content (AvgIpc) is 2.76. The van der Waals surface area contributed by atoms with E-state index >= 15 is 0 Å². The van der Waals surface area contributed by atoms with Crippen LogP contribution in [0.4, 0.5) is 4.39 Å². The fourth-order valence-electron chi connectivity index (χ4n) is 3.49. The van der Waals surface area contributed by atoms with E-state index in [2.05, 4.69) is 22.3 Å². The van der Waals surface area contributed by atoms with Crippen LogP contribution in [0, 0.1) is 5.82 Å². The third-order valence-electron chi connectivity index (χ3n) is 5.08. The highest BCUT2D eigenvalue weighted by Gasteiger charge is 2.10. The first-order valence-corrected chi connectivity index (χ1v) is 10.7. The largest absolute Gasteiger partial charge is 0.494 e. The van der Waals surface area contributed by atoms with Gasteiger partial charge in [-0.15, -0.1) is 0 Å². The number of amides is 1. The molecule has 0 aromatic heterocycles. The van der Waals surface area contributed by atoms with Gasteiger partial charge in [0.05, 0.1) is 13.2 Å². The summed E-state index contributed by atoms with van der Waals surface area (Å²) in [5, 5.41) is 2.82. The van der Waals surface area contributed by atoms with Gasteiger partial charge in [0.2, 0.25) is 5.91 Å². The maximum absolute atomic E-state index is 12.8. The summed E-state index contributed by atoms with van der Waals surface area (Å²) in [6.45, 7) is 4.68. The monoisotopic (exact) mass is 414 g/mol. The minimum Gasteiger partial charge on any atom is -0.494 e. The predicted molar refractivity (Wildman–Crippen MR) is 115 cm³/mol. The number of rotatable bonds is 11. The van der Waals surface area contributed by atoms with E-state index in [4.69, 9.17) is 9.47 Å². The fraction of sp³-hybridized carbons (Fsp3) is 0.458. The molecule has 0 bridgehead atoms. The molecule has 0 saturated carbocycles. The average molecular weight is 415 g/mol. The molecule has 6 heteroatoms. The Bertz CT molecular complexity index is 776. The molecule has 1 aliphatic rings.